The molecule has 110 valence electrons. The fourth-order valence-corrected chi connectivity index (χ4v) is 3.21. The molecule has 0 spiro atoms. The molecule has 3 rings (SSSR count). The molecular weight excluding hydrogens is 248 g/mol. The average Bonchev–Trinajstić information content (AvgIpc) is 2.50. The summed E-state index contributed by atoms with van der Waals surface area (Å²) in [6.07, 6.45) is 5.65. The molecular formula is C17H26N2O. The van der Waals surface area contributed by atoms with Gasteiger partial charge in [0.1, 0.15) is 0 Å². The third kappa shape index (κ3) is 3.53. The minimum atomic E-state index is 0.472. The van der Waals surface area contributed by atoms with Crippen LogP contribution >= 0.6 is 0 Å². The van der Waals surface area contributed by atoms with Gasteiger partial charge in [0.15, 0.2) is 0 Å². The summed E-state index contributed by atoms with van der Waals surface area (Å²) in [4.78, 5) is 2.49. The third-order valence-electron chi connectivity index (χ3n) is 4.51. The number of aryl methyl sites for hydroxylation is 1. The molecule has 3 heteroatoms. The molecule has 2 aliphatic rings. The van der Waals surface area contributed by atoms with Crippen molar-refractivity contribution in [1.29, 1.82) is 0 Å². The topological polar surface area (TPSA) is 24.5 Å². The van der Waals surface area contributed by atoms with Crippen LogP contribution in [0.25, 0.3) is 0 Å². The van der Waals surface area contributed by atoms with Crippen LogP contribution in [0.2, 0.25) is 0 Å². The van der Waals surface area contributed by atoms with E-state index in [1.807, 2.05) is 0 Å². The van der Waals surface area contributed by atoms with Gasteiger partial charge >= 0.3 is 0 Å². The second kappa shape index (κ2) is 6.59. The highest BCUT2D eigenvalue weighted by Crippen LogP contribution is 2.23. The highest BCUT2D eigenvalue weighted by atomic mass is 16.5. The van der Waals surface area contributed by atoms with Crippen molar-refractivity contribution >= 4 is 5.69 Å². The quantitative estimate of drug-likeness (QED) is 0.917. The van der Waals surface area contributed by atoms with Crippen molar-refractivity contribution in [2.45, 2.75) is 44.8 Å². The number of nitrogens with one attached hydrogen (secondary N) is 1. The van der Waals surface area contributed by atoms with E-state index >= 15 is 0 Å². The predicted molar refractivity (Wildman–Crippen MR) is 83.4 cm³/mol. The monoisotopic (exact) mass is 274 g/mol. The highest BCUT2D eigenvalue weighted by Gasteiger charge is 2.23. The zero-order valence-electron chi connectivity index (χ0n) is 12.5. The van der Waals surface area contributed by atoms with Gasteiger partial charge in [-0.2, -0.15) is 0 Å². The van der Waals surface area contributed by atoms with Gasteiger partial charge in [-0.1, -0.05) is 17.7 Å². The first-order valence-electron chi connectivity index (χ1n) is 7.99. The largest absolute Gasteiger partial charge is 0.375 e. The molecule has 0 atom stereocenters. The van der Waals surface area contributed by atoms with Crippen LogP contribution in [0.15, 0.2) is 24.3 Å². The Hall–Kier alpha value is -1.06. The zero-order chi connectivity index (χ0) is 13.8. The molecule has 2 heterocycles. The van der Waals surface area contributed by atoms with E-state index in [9.17, 15) is 0 Å². The minimum absolute atomic E-state index is 0.472. The minimum Gasteiger partial charge on any atom is -0.375 e. The molecule has 0 radical (unpaired) electrons. The van der Waals surface area contributed by atoms with E-state index in [1.54, 1.807) is 0 Å². The van der Waals surface area contributed by atoms with Crippen molar-refractivity contribution in [1.82, 2.24) is 5.32 Å². The molecule has 2 saturated heterocycles. The summed E-state index contributed by atoms with van der Waals surface area (Å²) in [5, 5.41) is 3.40. The maximum Gasteiger partial charge on any atom is 0.0612 e. The molecule has 0 unspecified atom stereocenters. The normalized spacial score (nSPS) is 22.1. The van der Waals surface area contributed by atoms with Crippen molar-refractivity contribution in [3.63, 3.8) is 0 Å². The summed E-state index contributed by atoms with van der Waals surface area (Å²) in [5.74, 6) is 0. The lowest BCUT2D eigenvalue weighted by Crippen LogP contribution is -2.40. The molecule has 0 bridgehead atoms. The number of ether oxygens (including phenoxy) is 1. The molecule has 1 aromatic rings. The Morgan fingerprint density at radius 3 is 2.20 bits per heavy atom. The Kier molecular flexibility index (Phi) is 4.58. The standard InChI is InChI=1S/C17H26N2O/c1-14-2-4-15(5-3-14)19-12-8-17(9-13-19)20-16-6-10-18-11-7-16/h2-5,16-18H,6-13H2,1H3. The van der Waals surface area contributed by atoms with Crippen LogP contribution in [0.4, 0.5) is 5.69 Å². The van der Waals surface area contributed by atoms with E-state index in [0.717, 1.165) is 39.0 Å². The van der Waals surface area contributed by atoms with Crippen molar-refractivity contribution < 1.29 is 4.74 Å². The van der Waals surface area contributed by atoms with Gasteiger partial charge in [0.05, 0.1) is 12.2 Å². The van der Waals surface area contributed by atoms with Crippen LogP contribution in [-0.4, -0.2) is 38.4 Å². The maximum absolute atomic E-state index is 6.27. The van der Waals surface area contributed by atoms with Gasteiger partial charge in [-0.25, -0.2) is 0 Å². The van der Waals surface area contributed by atoms with Gasteiger partial charge in [-0.05, 0) is 57.8 Å². The van der Waals surface area contributed by atoms with Crippen molar-refractivity contribution in [2.75, 3.05) is 31.1 Å². The number of hydrogen-bond donors (Lipinski definition) is 1. The van der Waals surface area contributed by atoms with Gasteiger partial charge in [0.25, 0.3) is 0 Å². The van der Waals surface area contributed by atoms with Gasteiger partial charge in [-0.15, -0.1) is 0 Å². The Labute approximate surface area is 122 Å². The molecule has 0 amide bonds. The molecule has 3 nitrogen and oxygen atoms in total. The number of rotatable bonds is 3. The van der Waals surface area contributed by atoms with E-state index in [-0.39, 0.29) is 0 Å². The van der Waals surface area contributed by atoms with E-state index in [0.29, 0.717) is 12.2 Å². The molecule has 1 aromatic carbocycles. The summed E-state index contributed by atoms with van der Waals surface area (Å²) in [5.41, 5.74) is 2.69. The molecule has 0 aliphatic carbocycles. The van der Waals surface area contributed by atoms with Crippen LogP contribution in [0.3, 0.4) is 0 Å². The van der Waals surface area contributed by atoms with Crippen LogP contribution in [0.5, 0.6) is 0 Å². The Bertz CT molecular complexity index is 404. The van der Waals surface area contributed by atoms with Crippen molar-refractivity contribution in [3.05, 3.63) is 29.8 Å². The fraction of sp³-hybridized carbons (Fsp3) is 0.647. The summed E-state index contributed by atoms with van der Waals surface area (Å²) in [7, 11) is 0. The van der Waals surface area contributed by atoms with Crippen LogP contribution in [0.1, 0.15) is 31.2 Å². The van der Waals surface area contributed by atoms with E-state index < -0.39 is 0 Å². The fourth-order valence-electron chi connectivity index (χ4n) is 3.21. The predicted octanol–water partition coefficient (Wildman–Crippen LogP) is 2.73. The summed E-state index contributed by atoms with van der Waals surface area (Å²) in [6, 6.07) is 8.88. The summed E-state index contributed by atoms with van der Waals surface area (Å²) < 4.78 is 6.27. The number of anilines is 1. The number of nitrogens with zero attached hydrogens (tertiary/aromatic N) is 1. The number of hydrogen-bond acceptors (Lipinski definition) is 3. The first kappa shape index (κ1) is 13.9. The summed E-state index contributed by atoms with van der Waals surface area (Å²) in [6.45, 7) is 6.63. The first-order chi connectivity index (χ1) is 9.81. The van der Waals surface area contributed by atoms with Crippen molar-refractivity contribution in [3.8, 4) is 0 Å². The van der Waals surface area contributed by atoms with E-state index in [2.05, 4.69) is 41.4 Å². The lowest BCUT2D eigenvalue weighted by Gasteiger charge is -2.36. The maximum atomic E-state index is 6.27. The smallest absolute Gasteiger partial charge is 0.0612 e. The Balaban J connectivity index is 1.47. The SMILES string of the molecule is Cc1ccc(N2CCC(OC3CCNCC3)CC2)cc1. The van der Waals surface area contributed by atoms with Crippen molar-refractivity contribution in [2.24, 2.45) is 0 Å². The highest BCUT2D eigenvalue weighted by molar-refractivity contribution is 5.47. The zero-order valence-corrected chi connectivity index (χ0v) is 12.5. The van der Waals surface area contributed by atoms with Crippen LogP contribution < -0.4 is 10.2 Å². The molecule has 20 heavy (non-hydrogen) atoms. The van der Waals surface area contributed by atoms with Gasteiger partial charge in [0, 0.05) is 18.8 Å². The van der Waals surface area contributed by atoms with E-state index in [4.69, 9.17) is 4.74 Å². The van der Waals surface area contributed by atoms with Gasteiger partial charge in [-0.3, -0.25) is 0 Å². The lowest BCUT2D eigenvalue weighted by molar-refractivity contribution is -0.0363. The number of benzene rings is 1. The number of piperidine rings is 2. The van der Waals surface area contributed by atoms with Gasteiger partial charge in [0.2, 0.25) is 0 Å². The van der Waals surface area contributed by atoms with Crippen LogP contribution in [0, 0.1) is 6.92 Å². The summed E-state index contributed by atoms with van der Waals surface area (Å²) >= 11 is 0. The molecule has 0 saturated carbocycles. The third-order valence-corrected chi connectivity index (χ3v) is 4.51. The molecule has 0 aromatic heterocycles. The second-order valence-electron chi connectivity index (χ2n) is 6.11. The van der Waals surface area contributed by atoms with E-state index in [1.165, 1.54) is 24.1 Å². The van der Waals surface area contributed by atoms with Gasteiger partial charge < -0.3 is 15.0 Å². The Morgan fingerprint density at radius 2 is 1.55 bits per heavy atom. The molecule has 1 N–H and O–H groups in total. The van der Waals surface area contributed by atoms with Crippen LogP contribution in [-0.2, 0) is 4.74 Å². The molecule has 2 fully saturated rings. The first-order valence-corrected chi connectivity index (χ1v) is 7.99. The lowest BCUT2D eigenvalue weighted by atomic mass is 10.0. The average molecular weight is 274 g/mol. The second-order valence-corrected chi connectivity index (χ2v) is 6.11. The Morgan fingerprint density at radius 1 is 0.950 bits per heavy atom. The molecule has 2 aliphatic heterocycles.